The number of carbonyl (C=O) groups is 1. The number of benzene rings is 2. The lowest BCUT2D eigenvalue weighted by Gasteiger charge is -2.09. The maximum atomic E-state index is 11.8. The summed E-state index contributed by atoms with van der Waals surface area (Å²) >= 11 is 0. The number of rotatable bonds is 6. The molecule has 0 fully saturated rings. The maximum absolute atomic E-state index is 11.8. The summed E-state index contributed by atoms with van der Waals surface area (Å²) in [5.74, 6) is -0.334. The Morgan fingerprint density at radius 1 is 1.04 bits per heavy atom. The van der Waals surface area contributed by atoms with Crippen LogP contribution in [0.1, 0.15) is 28.4 Å². The van der Waals surface area contributed by atoms with Crippen molar-refractivity contribution in [2.24, 2.45) is 0 Å². The fourth-order valence-electron chi connectivity index (χ4n) is 2.63. The highest BCUT2D eigenvalue weighted by molar-refractivity contribution is 5.90. The number of H-pyrrole nitrogens is 1. The highest BCUT2D eigenvalue weighted by Gasteiger charge is 2.07. The first kappa shape index (κ1) is 17.5. The third kappa shape index (κ3) is 4.39. The van der Waals surface area contributed by atoms with Gasteiger partial charge in [0.15, 0.2) is 0 Å². The minimum Gasteiger partial charge on any atom is -0.462 e. The predicted molar refractivity (Wildman–Crippen MR) is 102 cm³/mol. The molecule has 5 heteroatoms. The summed E-state index contributed by atoms with van der Waals surface area (Å²) < 4.78 is 5.02. The summed E-state index contributed by atoms with van der Waals surface area (Å²) in [6.45, 7) is 2.13. The van der Waals surface area contributed by atoms with E-state index in [1.807, 2.05) is 48.5 Å². The molecule has 2 aromatic carbocycles. The van der Waals surface area contributed by atoms with Gasteiger partial charge in [-0.1, -0.05) is 24.3 Å². The van der Waals surface area contributed by atoms with Crippen LogP contribution in [0.25, 0.3) is 0 Å². The van der Waals surface area contributed by atoms with E-state index in [2.05, 4.69) is 10.3 Å². The Labute approximate surface area is 151 Å². The molecule has 132 valence electrons. The molecule has 26 heavy (non-hydrogen) atoms. The van der Waals surface area contributed by atoms with Crippen LogP contribution in [0.5, 0.6) is 0 Å². The quantitative estimate of drug-likeness (QED) is 0.663. The summed E-state index contributed by atoms with van der Waals surface area (Å²) in [5, 5.41) is 3.27. The van der Waals surface area contributed by atoms with Gasteiger partial charge in [-0.2, -0.15) is 0 Å². The zero-order valence-electron chi connectivity index (χ0n) is 14.5. The lowest BCUT2D eigenvalue weighted by atomic mass is 10.1. The molecule has 3 rings (SSSR count). The predicted octanol–water partition coefficient (Wildman–Crippen LogP) is 3.89. The molecule has 0 aliphatic carbocycles. The number of anilines is 2. The van der Waals surface area contributed by atoms with E-state index in [0.717, 1.165) is 22.5 Å². The molecular formula is C21H20N2O3. The van der Waals surface area contributed by atoms with Crippen LogP contribution >= 0.6 is 0 Å². The second-order valence-corrected chi connectivity index (χ2v) is 5.82. The number of pyridine rings is 1. The number of hydrogen-bond donors (Lipinski definition) is 2. The number of ether oxygens (including phenoxy) is 1. The maximum Gasteiger partial charge on any atom is 0.338 e. The van der Waals surface area contributed by atoms with Gasteiger partial charge in [-0.25, -0.2) is 4.79 Å². The van der Waals surface area contributed by atoms with Gasteiger partial charge in [0.05, 0.1) is 12.2 Å². The van der Waals surface area contributed by atoms with Crippen LogP contribution < -0.4 is 10.9 Å². The average molecular weight is 348 g/mol. The summed E-state index contributed by atoms with van der Waals surface area (Å²) in [6.07, 6.45) is 2.21. The number of nitrogens with one attached hydrogen (secondary N) is 2. The highest BCUT2D eigenvalue weighted by atomic mass is 16.5. The summed E-state index contributed by atoms with van der Waals surface area (Å²) in [4.78, 5) is 26.3. The number of hydrogen-bond acceptors (Lipinski definition) is 4. The first-order valence-corrected chi connectivity index (χ1v) is 8.45. The molecule has 0 bridgehead atoms. The second kappa shape index (κ2) is 8.16. The van der Waals surface area contributed by atoms with Crippen LogP contribution in [-0.4, -0.2) is 17.6 Å². The Morgan fingerprint density at radius 3 is 2.58 bits per heavy atom. The zero-order valence-corrected chi connectivity index (χ0v) is 14.5. The number of esters is 1. The smallest absolute Gasteiger partial charge is 0.338 e. The third-order valence-electron chi connectivity index (χ3n) is 3.91. The van der Waals surface area contributed by atoms with Gasteiger partial charge >= 0.3 is 5.97 Å². The van der Waals surface area contributed by atoms with E-state index in [-0.39, 0.29) is 11.5 Å². The van der Waals surface area contributed by atoms with Crippen LogP contribution in [-0.2, 0) is 11.2 Å². The molecule has 0 spiro atoms. The van der Waals surface area contributed by atoms with Gasteiger partial charge < -0.3 is 15.0 Å². The Balaban J connectivity index is 1.70. The van der Waals surface area contributed by atoms with E-state index in [1.54, 1.807) is 25.3 Å². The second-order valence-electron chi connectivity index (χ2n) is 5.82. The van der Waals surface area contributed by atoms with E-state index in [4.69, 9.17) is 4.74 Å². The van der Waals surface area contributed by atoms with E-state index in [0.29, 0.717) is 18.6 Å². The van der Waals surface area contributed by atoms with E-state index in [9.17, 15) is 9.59 Å². The topological polar surface area (TPSA) is 71.2 Å². The van der Waals surface area contributed by atoms with Crippen molar-refractivity contribution in [3.05, 3.63) is 93.9 Å². The van der Waals surface area contributed by atoms with E-state index in [1.165, 1.54) is 0 Å². The van der Waals surface area contributed by atoms with Crippen LogP contribution in [0.4, 0.5) is 11.4 Å². The SMILES string of the molecule is CCOC(=O)c1cccc(Nc2ccc(Cc3ccc[nH]c3=O)cc2)c1. The van der Waals surface area contributed by atoms with Crippen molar-refractivity contribution in [1.29, 1.82) is 0 Å². The molecule has 0 aliphatic heterocycles. The number of carbonyl (C=O) groups excluding carboxylic acids is 1. The first-order valence-electron chi connectivity index (χ1n) is 8.45. The molecule has 3 aromatic rings. The van der Waals surface area contributed by atoms with Crippen molar-refractivity contribution in [3.63, 3.8) is 0 Å². The molecule has 0 amide bonds. The Bertz CT molecular complexity index is 946. The average Bonchev–Trinajstić information content (AvgIpc) is 2.66. The Hall–Kier alpha value is -3.34. The van der Waals surface area contributed by atoms with Gasteiger partial charge in [0.1, 0.15) is 0 Å². The molecule has 2 N–H and O–H groups in total. The van der Waals surface area contributed by atoms with Gasteiger partial charge in [0.25, 0.3) is 5.56 Å². The van der Waals surface area contributed by atoms with Crippen molar-refractivity contribution in [2.75, 3.05) is 11.9 Å². The van der Waals surface area contributed by atoms with E-state index >= 15 is 0 Å². The van der Waals surface area contributed by atoms with Crippen LogP contribution in [0.2, 0.25) is 0 Å². The third-order valence-corrected chi connectivity index (χ3v) is 3.91. The van der Waals surface area contributed by atoms with Crippen LogP contribution in [0, 0.1) is 0 Å². The van der Waals surface area contributed by atoms with Gasteiger partial charge in [-0.15, -0.1) is 0 Å². The van der Waals surface area contributed by atoms with Gasteiger partial charge in [-0.3, -0.25) is 4.79 Å². The number of aromatic amines is 1. The van der Waals surface area contributed by atoms with Crippen molar-refractivity contribution >= 4 is 17.3 Å². The molecular weight excluding hydrogens is 328 g/mol. The largest absolute Gasteiger partial charge is 0.462 e. The van der Waals surface area contributed by atoms with Crippen LogP contribution in [0.15, 0.2) is 71.7 Å². The minimum atomic E-state index is -0.334. The molecule has 1 heterocycles. The molecule has 5 nitrogen and oxygen atoms in total. The normalized spacial score (nSPS) is 10.3. The van der Waals surface area contributed by atoms with Crippen LogP contribution in [0.3, 0.4) is 0 Å². The summed E-state index contributed by atoms with van der Waals surface area (Å²) in [7, 11) is 0. The molecule has 0 radical (unpaired) electrons. The Kier molecular flexibility index (Phi) is 5.49. The Morgan fingerprint density at radius 2 is 1.85 bits per heavy atom. The highest BCUT2D eigenvalue weighted by Crippen LogP contribution is 2.19. The monoisotopic (exact) mass is 348 g/mol. The van der Waals surface area contributed by atoms with Crippen molar-refractivity contribution < 1.29 is 9.53 Å². The molecule has 0 saturated carbocycles. The van der Waals surface area contributed by atoms with E-state index < -0.39 is 0 Å². The molecule has 0 aliphatic rings. The van der Waals surface area contributed by atoms with Gasteiger partial charge in [0, 0.05) is 29.6 Å². The van der Waals surface area contributed by atoms with Crippen molar-refractivity contribution in [2.45, 2.75) is 13.3 Å². The fourth-order valence-corrected chi connectivity index (χ4v) is 2.63. The van der Waals surface area contributed by atoms with Crippen molar-refractivity contribution in [1.82, 2.24) is 4.98 Å². The standard InChI is InChI=1S/C21H20N2O3/c1-2-26-21(25)17-5-3-7-19(14-17)23-18-10-8-15(9-11-18)13-16-6-4-12-22-20(16)24/h3-12,14,23H,2,13H2,1H3,(H,22,24). The van der Waals surface area contributed by atoms with Crippen molar-refractivity contribution in [3.8, 4) is 0 Å². The first-order chi connectivity index (χ1) is 12.7. The lowest BCUT2D eigenvalue weighted by Crippen LogP contribution is -2.11. The molecule has 0 unspecified atom stereocenters. The molecule has 0 atom stereocenters. The van der Waals surface area contributed by atoms with Gasteiger partial charge in [0.2, 0.25) is 0 Å². The fraction of sp³-hybridized carbons (Fsp3) is 0.143. The lowest BCUT2D eigenvalue weighted by molar-refractivity contribution is 0.0526. The minimum absolute atomic E-state index is 0.0644. The summed E-state index contributed by atoms with van der Waals surface area (Å²) in [6, 6.07) is 18.7. The zero-order chi connectivity index (χ0) is 18.4. The van der Waals surface area contributed by atoms with Gasteiger partial charge in [-0.05, 0) is 48.9 Å². The molecule has 1 aromatic heterocycles. The number of aromatic nitrogens is 1. The summed E-state index contributed by atoms with van der Waals surface area (Å²) in [5.41, 5.74) is 3.93. The molecule has 0 saturated heterocycles.